The number of carbonyl (C=O) groups excluding carboxylic acids is 1. The minimum atomic E-state index is -0.967. The molecule has 104 valence electrons. The van der Waals surface area contributed by atoms with Crippen molar-refractivity contribution in [1.29, 1.82) is 0 Å². The summed E-state index contributed by atoms with van der Waals surface area (Å²) >= 11 is 0. The van der Waals surface area contributed by atoms with E-state index in [0.717, 1.165) is 13.0 Å². The van der Waals surface area contributed by atoms with Crippen LogP contribution in [0, 0.1) is 0 Å². The van der Waals surface area contributed by atoms with E-state index in [2.05, 4.69) is 10.6 Å². The lowest BCUT2D eigenvalue weighted by molar-refractivity contribution is -0.141. The molecule has 18 heavy (non-hydrogen) atoms. The Balaban J connectivity index is 2.15. The highest BCUT2D eigenvalue weighted by molar-refractivity contribution is 5.82. The summed E-state index contributed by atoms with van der Waals surface area (Å²) in [5.41, 5.74) is 0. The van der Waals surface area contributed by atoms with Crippen LogP contribution in [0.3, 0.4) is 0 Å². The van der Waals surface area contributed by atoms with Crippen molar-refractivity contribution < 1.29 is 14.7 Å². The summed E-state index contributed by atoms with van der Waals surface area (Å²) in [5.74, 6) is -0.967. The molecule has 0 heterocycles. The van der Waals surface area contributed by atoms with Crippen LogP contribution in [0.5, 0.6) is 0 Å². The Bertz CT molecular complexity index is 292. The van der Waals surface area contributed by atoms with Crippen LogP contribution in [0.2, 0.25) is 0 Å². The van der Waals surface area contributed by atoms with Crippen molar-refractivity contribution in [2.24, 2.45) is 0 Å². The molecule has 0 aliphatic heterocycles. The lowest BCUT2D eigenvalue weighted by atomic mass is 10.2. The highest BCUT2D eigenvalue weighted by Crippen LogP contribution is 2.18. The third kappa shape index (κ3) is 4.91. The van der Waals surface area contributed by atoms with Gasteiger partial charge in [0, 0.05) is 19.6 Å². The summed E-state index contributed by atoms with van der Waals surface area (Å²) in [7, 11) is 1.51. The van der Waals surface area contributed by atoms with Gasteiger partial charge in [0.1, 0.15) is 6.04 Å². The van der Waals surface area contributed by atoms with Gasteiger partial charge in [-0.05, 0) is 32.2 Å². The van der Waals surface area contributed by atoms with Crippen molar-refractivity contribution in [2.45, 2.75) is 44.7 Å². The average Bonchev–Trinajstić information content (AvgIpc) is 3.12. The lowest BCUT2D eigenvalue weighted by Crippen LogP contribution is -2.47. The van der Waals surface area contributed by atoms with Crippen LogP contribution in [0.4, 0.5) is 4.79 Å². The number of nitrogens with one attached hydrogen (secondary N) is 2. The highest BCUT2D eigenvalue weighted by Gasteiger charge is 2.24. The zero-order valence-electron chi connectivity index (χ0n) is 11.1. The SMILES string of the molecule is CCC(C(=O)O)N(C)C(=O)NCCCNC1CC1. The predicted octanol–water partition coefficient (Wildman–Crippen LogP) is 0.633. The first kappa shape index (κ1) is 14.8. The van der Waals surface area contributed by atoms with Gasteiger partial charge < -0.3 is 20.6 Å². The number of carbonyl (C=O) groups is 2. The van der Waals surface area contributed by atoms with E-state index in [-0.39, 0.29) is 6.03 Å². The summed E-state index contributed by atoms with van der Waals surface area (Å²) in [6, 6.07) is -0.398. The molecule has 1 saturated carbocycles. The van der Waals surface area contributed by atoms with Gasteiger partial charge in [-0.1, -0.05) is 6.92 Å². The maximum Gasteiger partial charge on any atom is 0.326 e. The van der Waals surface area contributed by atoms with Crippen LogP contribution in [0.25, 0.3) is 0 Å². The van der Waals surface area contributed by atoms with E-state index >= 15 is 0 Å². The minimum absolute atomic E-state index is 0.323. The molecule has 1 atom stereocenters. The zero-order chi connectivity index (χ0) is 13.5. The third-order valence-electron chi connectivity index (χ3n) is 3.10. The first-order valence-corrected chi connectivity index (χ1v) is 6.53. The number of nitrogens with zero attached hydrogens (tertiary/aromatic N) is 1. The normalized spacial score (nSPS) is 16.1. The molecule has 0 saturated heterocycles. The summed E-state index contributed by atoms with van der Waals surface area (Å²) < 4.78 is 0. The monoisotopic (exact) mass is 257 g/mol. The summed E-state index contributed by atoms with van der Waals surface area (Å²) in [4.78, 5) is 23.8. The fourth-order valence-corrected chi connectivity index (χ4v) is 1.76. The second kappa shape index (κ2) is 7.20. The van der Waals surface area contributed by atoms with Gasteiger partial charge in [-0.3, -0.25) is 0 Å². The van der Waals surface area contributed by atoms with E-state index in [1.54, 1.807) is 6.92 Å². The molecule has 1 unspecified atom stereocenters. The summed E-state index contributed by atoms with van der Waals surface area (Å²) in [6.45, 7) is 3.21. The molecule has 0 spiro atoms. The van der Waals surface area contributed by atoms with Crippen molar-refractivity contribution in [3.05, 3.63) is 0 Å². The zero-order valence-corrected chi connectivity index (χ0v) is 11.1. The van der Waals surface area contributed by atoms with Crippen LogP contribution in [0.15, 0.2) is 0 Å². The van der Waals surface area contributed by atoms with Gasteiger partial charge in [0.05, 0.1) is 0 Å². The van der Waals surface area contributed by atoms with E-state index < -0.39 is 12.0 Å². The Morgan fingerprint density at radius 1 is 1.39 bits per heavy atom. The fourth-order valence-electron chi connectivity index (χ4n) is 1.76. The van der Waals surface area contributed by atoms with Crippen LogP contribution < -0.4 is 10.6 Å². The molecule has 1 rings (SSSR count). The number of carboxylic acid groups (broad SMARTS) is 1. The summed E-state index contributed by atoms with van der Waals surface area (Å²) in [5, 5.41) is 15.0. The summed E-state index contributed by atoms with van der Waals surface area (Å²) in [6.07, 6.45) is 3.78. The van der Waals surface area contributed by atoms with E-state index in [9.17, 15) is 9.59 Å². The van der Waals surface area contributed by atoms with Gasteiger partial charge in [-0.2, -0.15) is 0 Å². The topological polar surface area (TPSA) is 81.7 Å². The largest absolute Gasteiger partial charge is 0.480 e. The van der Waals surface area contributed by atoms with Crippen LogP contribution in [-0.4, -0.2) is 54.2 Å². The van der Waals surface area contributed by atoms with Crippen molar-refractivity contribution in [3.63, 3.8) is 0 Å². The number of hydrogen-bond acceptors (Lipinski definition) is 3. The molecule has 1 aliphatic rings. The molecule has 0 aromatic carbocycles. The molecule has 6 nitrogen and oxygen atoms in total. The van der Waals surface area contributed by atoms with Gasteiger partial charge in [0.2, 0.25) is 0 Å². The minimum Gasteiger partial charge on any atom is -0.480 e. The Morgan fingerprint density at radius 3 is 2.56 bits per heavy atom. The van der Waals surface area contributed by atoms with Crippen LogP contribution >= 0.6 is 0 Å². The molecular weight excluding hydrogens is 234 g/mol. The Morgan fingerprint density at radius 2 is 2.06 bits per heavy atom. The smallest absolute Gasteiger partial charge is 0.326 e. The fraction of sp³-hybridized carbons (Fsp3) is 0.833. The maximum atomic E-state index is 11.7. The van der Waals surface area contributed by atoms with Crippen LogP contribution in [0.1, 0.15) is 32.6 Å². The van der Waals surface area contributed by atoms with Crippen LogP contribution in [-0.2, 0) is 4.79 Å². The predicted molar refractivity (Wildman–Crippen MR) is 68.5 cm³/mol. The number of aliphatic carboxylic acids is 1. The van der Waals surface area contributed by atoms with Crippen molar-refractivity contribution in [3.8, 4) is 0 Å². The third-order valence-corrected chi connectivity index (χ3v) is 3.10. The second-order valence-corrected chi connectivity index (χ2v) is 4.69. The lowest BCUT2D eigenvalue weighted by Gasteiger charge is -2.24. The van der Waals surface area contributed by atoms with Gasteiger partial charge in [-0.25, -0.2) is 9.59 Å². The average molecular weight is 257 g/mol. The molecule has 1 aliphatic carbocycles. The molecule has 0 aromatic rings. The van der Waals surface area contributed by atoms with Crippen molar-refractivity contribution >= 4 is 12.0 Å². The van der Waals surface area contributed by atoms with E-state index in [0.29, 0.717) is 19.0 Å². The highest BCUT2D eigenvalue weighted by atomic mass is 16.4. The van der Waals surface area contributed by atoms with Gasteiger partial charge in [0.25, 0.3) is 0 Å². The van der Waals surface area contributed by atoms with Gasteiger partial charge in [0.15, 0.2) is 0 Å². The first-order chi connectivity index (χ1) is 8.56. The van der Waals surface area contributed by atoms with E-state index in [4.69, 9.17) is 5.11 Å². The Hall–Kier alpha value is -1.30. The Labute approximate surface area is 108 Å². The molecule has 3 N–H and O–H groups in total. The number of likely N-dealkylation sites (N-methyl/N-ethyl adjacent to an activating group) is 1. The second-order valence-electron chi connectivity index (χ2n) is 4.69. The molecule has 6 heteroatoms. The molecule has 1 fully saturated rings. The van der Waals surface area contributed by atoms with E-state index in [1.165, 1.54) is 24.8 Å². The molecule has 0 bridgehead atoms. The molecule has 0 aromatic heterocycles. The van der Waals surface area contributed by atoms with Crippen molar-refractivity contribution in [1.82, 2.24) is 15.5 Å². The molecular formula is C12H23N3O3. The number of amides is 2. The maximum absolute atomic E-state index is 11.7. The quantitative estimate of drug-likeness (QED) is 0.557. The molecule has 0 radical (unpaired) electrons. The standard InChI is InChI=1S/C12H23N3O3/c1-3-10(11(16)17)15(2)12(18)14-8-4-7-13-9-5-6-9/h9-10,13H,3-8H2,1-2H3,(H,14,18)(H,16,17). The number of carboxylic acids is 1. The first-order valence-electron chi connectivity index (χ1n) is 6.53. The number of hydrogen-bond donors (Lipinski definition) is 3. The van der Waals surface area contributed by atoms with Crippen molar-refractivity contribution in [2.75, 3.05) is 20.1 Å². The number of urea groups is 1. The Kier molecular flexibility index (Phi) is 5.91. The molecule has 2 amide bonds. The van der Waals surface area contributed by atoms with E-state index in [1.807, 2.05) is 0 Å². The van der Waals surface area contributed by atoms with Gasteiger partial charge in [-0.15, -0.1) is 0 Å². The number of rotatable bonds is 8. The van der Waals surface area contributed by atoms with Gasteiger partial charge >= 0.3 is 12.0 Å².